The molecule has 1 amide bonds. The van der Waals surface area contributed by atoms with Crippen LogP contribution in [-0.4, -0.2) is 10.9 Å². The summed E-state index contributed by atoms with van der Waals surface area (Å²) in [6.45, 7) is 0. The van der Waals surface area contributed by atoms with Crippen LogP contribution < -0.4 is 5.32 Å². The molecule has 34 heavy (non-hydrogen) atoms. The summed E-state index contributed by atoms with van der Waals surface area (Å²) in [5, 5.41) is 2.65. The van der Waals surface area contributed by atoms with Crippen molar-refractivity contribution in [3.63, 3.8) is 0 Å². The number of hydrogen-bond acceptors (Lipinski definition) is 4. The Balaban J connectivity index is 1.46. The summed E-state index contributed by atoms with van der Waals surface area (Å²) in [6.07, 6.45) is -7.45. The van der Waals surface area contributed by atoms with Gasteiger partial charge in [-0.1, -0.05) is 36.4 Å². The molecule has 11 heteroatoms. The molecule has 2 aromatic carbocycles. The maximum absolute atomic E-state index is 13.2. The third kappa shape index (κ3) is 5.30. The van der Waals surface area contributed by atoms with Crippen LogP contribution in [0, 0.1) is 0 Å². The second kappa shape index (κ2) is 8.98. The van der Waals surface area contributed by atoms with Gasteiger partial charge in [0.25, 0.3) is 5.91 Å². The van der Waals surface area contributed by atoms with Gasteiger partial charge in [0, 0.05) is 23.1 Å². The molecular weight excluding hydrogens is 482 g/mol. The first-order valence-electron chi connectivity index (χ1n) is 9.69. The molecule has 0 radical (unpaired) electrons. The number of nitrogens with one attached hydrogen (secondary N) is 1. The monoisotopic (exact) mass is 496 g/mol. The largest absolute Gasteiger partial charge is 0.451 e. The fraction of sp³-hybridized carbons (Fsp3) is 0.130. The zero-order valence-electron chi connectivity index (χ0n) is 17.0. The highest BCUT2D eigenvalue weighted by molar-refractivity contribution is 7.15. The Morgan fingerprint density at radius 3 is 2.44 bits per heavy atom. The molecule has 0 bridgehead atoms. The van der Waals surface area contributed by atoms with Crippen molar-refractivity contribution in [2.24, 2.45) is 0 Å². The predicted octanol–water partition coefficient (Wildman–Crippen LogP) is 7.28. The van der Waals surface area contributed by atoms with Crippen molar-refractivity contribution in [3.05, 3.63) is 94.2 Å². The highest BCUT2D eigenvalue weighted by Gasteiger charge is 2.34. The van der Waals surface area contributed by atoms with Crippen LogP contribution in [0.15, 0.2) is 71.3 Å². The fourth-order valence-electron chi connectivity index (χ4n) is 3.21. The summed E-state index contributed by atoms with van der Waals surface area (Å²) in [6, 6.07) is 12.2. The minimum Gasteiger partial charge on any atom is -0.451 e. The Labute approximate surface area is 192 Å². The Bertz CT molecular complexity index is 1320. The number of carbonyl (C=O) groups is 1. The average molecular weight is 496 g/mol. The van der Waals surface area contributed by atoms with Gasteiger partial charge in [-0.15, -0.1) is 11.3 Å². The van der Waals surface area contributed by atoms with Crippen molar-refractivity contribution in [1.29, 1.82) is 0 Å². The van der Waals surface area contributed by atoms with E-state index in [1.54, 1.807) is 6.07 Å². The number of amides is 1. The normalized spacial score (nSPS) is 12.1. The standard InChI is InChI=1S/C23H14F6N2O2S/c24-22(25,26)14-5-3-4-13(10-14)11-15-12-30-21(34-15)31-20(32)19-9-8-18(33-19)16-6-1-2-7-17(16)23(27,28)29/h1-10,12H,11H2,(H,30,31,32). The van der Waals surface area contributed by atoms with Crippen molar-refractivity contribution in [2.45, 2.75) is 18.8 Å². The van der Waals surface area contributed by atoms with Crippen LogP contribution in [0.5, 0.6) is 0 Å². The summed E-state index contributed by atoms with van der Waals surface area (Å²) >= 11 is 1.06. The molecule has 4 nitrogen and oxygen atoms in total. The van der Waals surface area contributed by atoms with Gasteiger partial charge in [0.1, 0.15) is 5.76 Å². The van der Waals surface area contributed by atoms with Gasteiger partial charge < -0.3 is 4.42 Å². The molecule has 1 N–H and O–H groups in total. The minimum absolute atomic E-state index is 0.123. The summed E-state index contributed by atoms with van der Waals surface area (Å²) in [7, 11) is 0. The number of rotatable bonds is 5. The van der Waals surface area contributed by atoms with Crippen molar-refractivity contribution < 1.29 is 35.6 Å². The van der Waals surface area contributed by atoms with Crippen LogP contribution in [0.4, 0.5) is 31.5 Å². The van der Waals surface area contributed by atoms with Crippen molar-refractivity contribution in [1.82, 2.24) is 4.98 Å². The molecule has 176 valence electrons. The van der Waals surface area contributed by atoms with E-state index in [0.29, 0.717) is 10.4 Å². The van der Waals surface area contributed by atoms with Gasteiger partial charge in [-0.25, -0.2) is 4.98 Å². The minimum atomic E-state index is -4.59. The lowest BCUT2D eigenvalue weighted by molar-refractivity contribution is -0.138. The lowest BCUT2D eigenvalue weighted by Gasteiger charge is -2.10. The van der Waals surface area contributed by atoms with Crippen LogP contribution >= 0.6 is 11.3 Å². The van der Waals surface area contributed by atoms with E-state index < -0.39 is 29.4 Å². The van der Waals surface area contributed by atoms with Crippen LogP contribution in [0.25, 0.3) is 11.3 Å². The number of thiazole rings is 1. The molecule has 0 aliphatic carbocycles. The van der Waals surface area contributed by atoms with Crippen LogP contribution in [-0.2, 0) is 18.8 Å². The number of alkyl halides is 6. The molecule has 0 fully saturated rings. The van der Waals surface area contributed by atoms with Gasteiger partial charge in [-0.3, -0.25) is 10.1 Å². The second-order valence-corrected chi connectivity index (χ2v) is 8.28. The number of anilines is 1. The smallest absolute Gasteiger partial charge is 0.417 e. The van der Waals surface area contributed by atoms with Crippen LogP contribution in [0.2, 0.25) is 0 Å². The van der Waals surface area contributed by atoms with Gasteiger partial charge in [-0.05, 0) is 29.8 Å². The summed E-state index contributed by atoms with van der Waals surface area (Å²) in [5.74, 6) is -1.07. The Morgan fingerprint density at radius 2 is 1.71 bits per heavy atom. The zero-order chi connectivity index (χ0) is 24.5. The molecule has 2 aromatic heterocycles. The number of benzene rings is 2. The van der Waals surface area contributed by atoms with E-state index in [2.05, 4.69) is 10.3 Å². The number of furan rings is 1. The van der Waals surface area contributed by atoms with Gasteiger partial charge in [0.05, 0.1) is 11.1 Å². The number of carbonyl (C=O) groups excluding carboxylic acids is 1. The quantitative estimate of drug-likeness (QED) is 0.295. The van der Waals surface area contributed by atoms with Crippen LogP contribution in [0.3, 0.4) is 0 Å². The number of halogens is 6. The van der Waals surface area contributed by atoms with Crippen molar-refractivity contribution in [2.75, 3.05) is 5.32 Å². The van der Waals surface area contributed by atoms with Crippen molar-refractivity contribution >= 4 is 22.4 Å². The van der Waals surface area contributed by atoms with Crippen LogP contribution in [0.1, 0.15) is 32.1 Å². The Morgan fingerprint density at radius 1 is 0.941 bits per heavy atom. The highest BCUT2D eigenvalue weighted by atomic mass is 32.1. The van der Waals surface area contributed by atoms with E-state index in [1.165, 1.54) is 42.6 Å². The molecule has 0 atom stereocenters. The Hall–Kier alpha value is -3.60. The molecule has 0 saturated heterocycles. The van der Waals surface area contributed by atoms with E-state index in [1.807, 2.05) is 0 Å². The topological polar surface area (TPSA) is 55.1 Å². The number of hydrogen-bond donors (Lipinski definition) is 1. The van der Waals surface area contributed by atoms with E-state index in [0.717, 1.165) is 29.5 Å². The molecule has 0 aliphatic heterocycles. The molecule has 0 aliphatic rings. The molecule has 0 spiro atoms. The fourth-order valence-corrected chi connectivity index (χ4v) is 4.06. The maximum atomic E-state index is 13.2. The van der Waals surface area contributed by atoms with Crippen molar-refractivity contribution in [3.8, 4) is 11.3 Å². The van der Waals surface area contributed by atoms with E-state index in [4.69, 9.17) is 4.42 Å². The molecule has 0 unspecified atom stereocenters. The lowest BCUT2D eigenvalue weighted by atomic mass is 10.1. The summed E-state index contributed by atoms with van der Waals surface area (Å²) in [5.41, 5.74) is -1.43. The first-order valence-corrected chi connectivity index (χ1v) is 10.5. The van der Waals surface area contributed by atoms with Gasteiger partial charge in [0.2, 0.25) is 0 Å². The lowest BCUT2D eigenvalue weighted by Crippen LogP contribution is -2.10. The van der Waals surface area contributed by atoms with Gasteiger partial charge >= 0.3 is 12.4 Å². The first kappa shape index (κ1) is 23.6. The summed E-state index contributed by atoms with van der Waals surface area (Å²) < 4.78 is 83.7. The molecule has 4 aromatic rings. The third-order valence-corrected chi connectivity index (χ3v) is 5.65. The average Bonchev–Trinajstić information content (AvgIpc) is 3.43. The molecule has 2 heterocycles. The maximum Gasteiger partial charge on any atom is 0.417 e. The third-order valence-electron chi connectivity index (χ3n) is 4.73. The number of aromatic nitrogens is 1. The van der Waals surface area contributed by atoms with Gasteiger partial charge in [-0.2, -0.15) is 26.3 Å². The van der Waals surface area contributed by atoms with E-state index in [9.17, 15) is 31.1 Å². The summed E-state index contributed by atoms with van der Waals surface area (Å²) in [4.78, 5) is 17.1. The van der Waals surface area contributed by atoms with Gasteiger partial charge in [0.15, 0.2) is 10.9 Å². The first-order chi connectivity index (χ1) is 16.0. The highest BCUT2D eigenvalue weighted by Crippen LogP contribution is 2.37. The van der Waals surface area contributed by atoms with E-state index in [-0.39, 0.29) is 28.6 Å². The SMILES string of the molecule is O=C(Nc1ncc(Cc2cccc(C(F)(F)F)c2)s1)c1ccc(-c2ccccc2C(F)(F)F)o1. The predicted molar refractivity (Wildman–Crippen MR) is 113 cm³/mol. The second-order valence-electron chi connectivity index (χ2n) is 7.17. The molecule has 0 saturated carbocycles. The zero-order valence-corrected chi connectivity index (χ0v) is 17.8. The molecule has 4 rings (SSSR count). The number of nitrogens with zero attached hydrogens (tertiary/aromatic N) is 1. The Kier molecular flexibility index (Phi) is 6.22. The molecular formula is C23H14F6N2O2S. The van der Waals surface area contributed by atoms with E-state index >= 15 is 0 Å².